The Hall–Kier alpha value is -2.28. The molecule has 0 saturated carbocycles. The number of hydrogen-bond acceptors (Lipinski definition) is 1. The summed E-state index contributed by atoms with van der Waals surface area (Å²) in [6.45, 7) is 6.18. The molecule has 0 aliphatic carbocycles. The lowest BCUT2D eigenvalue weighted by atomic mass is 9.82. The highest BCUT2D eigenvalue weighted by Crippen LogP contribution is 2.41. The van der Waals surface area contributed by atoms with Crippen molar-refractivity contribution in [2.45, 2.75) is 40.0 Å². The molecule has 0 aliphatic rings. The van der Waals surface area contributed by atoms with Crippen molar-refractivity contribution in [1.29, 1.82) is 0 Å². The van der Waals surface area contributed by atoms with E-state index in [4.69, 9.17) is 8.53 Å². The van der Waals surface area contributed by atoms with Gasteiger partial charge in [-0.3, -0.25) is 0 Å². The van der Waals surface area contributed by atoms with Crippen molar-refractivity contribution in [2.75, 3.05) is 0 Å². The van der Waals surface area contributed by atoms with E-state index < -0.39 is 6.85 Å². The second-order valence-electron chi connectivity index (χ2n) is 7.37. The van der Waals surface area contributed by atoms with Crippen LogP contribution in [0.2, 0.25) is 0 Å². The van der Waals surface area contributed by atoms with Gasteiger partial charge in [0.1, 0.15) is 11.2 Å². The van der Waals surface area contributed by atoms with E-state index in [1.807, 2.05) is 49.4 Å². The van der Waals surface area contributed by atoms with Crippen molar-refractivity contribution in [3.05, 3.63) is 59.2 Å². The molecule has 0 atom stereocenters. The average molecular weight is 305 g/mol. The molecule has 0 bridgehead atoms. The lowest BCUT2D eigenvalue weighted by Crippen LogP contribution is -2.13. The summed E-state index contributed by atoms with van der Waals surface area (Å²) in [6, 6.07) is 14.0. The Morgan fingerprint density at radius 2 is 1.65 bits per heavy atom. The lowest BCUT2D eigenvalue weighted by molar-refractivity contribution is 0.569. The first-order valence-corrected chi connectivity index (χ1v) is 7.97. The number of hydrogen-bond donors (Lipinski definition) is 0. The van der Waals surface area contributed by atoms with Gasteiger partial charge in [-0.1, -0.05) is 51.1 Å². The number of furan rings is 1. The fourth-order valence-corrected chi connectivity index (χ4v) is 3.70. The van der Waals surface area contributed by atoms with Crippen LogP contribution in [0.15, 0.2) is 46.9 Å². The van der Waals surface area contributed by atoms with E-state index in [0.29, 0.717) is 11.1 Å². The third-order valence-electron chi connectivity index (χ3n) is 4.56. The molecule has 116 valence electrons. The standard InChI is InChI=1S/C22H22O/c1-13-10-14(2)20(22(3,4)5)21-19(13)17-11-15-8-6-7-9-16(15)12-18(17)23-21/h6-12H,1-5H3/i1D3. The summed E-state index contributed by atoms with van der Waals surface area (Å²) in [4.78, 5) is 0. The van der Waals surface area contributed by atoms with Crippen LogP contribution in [0.4, 0.5) is 0 Å². The maximum Gasteiger partial charge on any atom is 0.139 e. The molecule has 0 spiro atoms. The van der Waals surface area contributed by atoms with Gasteiger partial charge in [0.25, 0.3) is 0 Å². The van der Waals surface area contributed by atoms with E-state index in [1.165, 1.54) is 0 Å². The van der Waals surface area contributed by atoms with Gasteiger partial charge in [0, 0.05) is 20.4 Å². The van der Waals surface area contributed by atoms with Gasteiger partial charge < -0.3 is 4.42 Å². The Kier molecular flexibility index (Phi) is 2.26. The van der Waals surface area contributed by atoms with Crippen LogP contribution in [0.3, 0.4) is 0 Å². The molecule has 1 heterocycles. The van der Waals surface area contributed by atoms with E-state index in [2.05, 4.69) is 20.8 Å². The molecule has 3 aromatic carbocycles. The summed E-state index contributed by atoms with van der Waals surface area (Å²) < 4.78 is 30.4. The molecule has 1 nitrogen and oxygen atoms in total. The summed E-state index contributed by atoms with van der Waals surface area (Å²) in [6.07, 6.45) is 0. The zero-order valence-corrected chi connectivity index (χ0v) is 13.9. The molecule has 1 heteroatoms. The SMILES string of the molecule is [2H]C([2H])([2H])c1cc(C)c(C(C)(C)C)c2oc3cc4ccccc4cc3c12. The van der Waals surface area contributed by atoms with Crippen molar-refractivity contribution in [2.24, 2.45) is 0 Å². The van der Waals surface area contributed by atoms with E-state index in [-0.39, 0.29) is 5.41 Å². The fourth-order valence-electron chi connectivity index (χ4n) is 3.70. The first-order chi connectivity index (χ1) is 12.1. The molecular weight excluding hydrogens is 280 g/mol. The molecule has 0 unspecified atom stereocenters. The van der Waals surface area contributed by atoms with Gasteiger partial charge in [-0.05, 0) is 53.2 Å². The minimum Gasteiger partial charge on any atom is -0.456 e. The van der Waals surface area contributed by atoms with Gasteiger partial charge in [-0.15, -0.1) is 0 Å². The second-order valence-corrected chi connectivity index (χ2v) is 7.37. The predicted molar refractivity (Wildman–Crippen MR) is 99.4 cm³/mol. The summed E-state index contributed by atoms with van der Waals surface area (Å²) in [7, 11) is 0. The minimum atomic E-state index is -2.19. The molecule has 0 radical (unpaired) electrons. The molecule has 0 saturated heterocycles. The number of rotatable bonds is 0. The summed E-state index contributed by atoms with van der Waals surface area (Å²) in [5, 5.41) is 3.76. The Morgan fingerprint density at radius 3 is 2.30 bits per heavy atom. The molecule has 1 aromatic heterocycles. The van der Waals surface area contributed by atoms with Crippen LogP contribution in [0.25, 0.3) is 32.7 Å². The van der Waals surface area contributed by atoms with E-state index in [1.54, 1.807) is 0 Å². The number of fused-ring (bicyclic) bond motifs is 4. The van der Waals surface area contributed by atoms with E-state index in [0.717, 1.165) is 38.3 Å². The maximum absolute atomic E-state index is 8.05. The molecule has 0 N–H and O–H groups in total. The first kappa shape index (κ1) is 11.3. The molecule has 0 amide bonds. The zero-order chi connectivity index (χ0) is 18.9. The second kappa shape index (κ2) is 4.61. The fraction of sp³-hybridized carbons (Fsp3) is 0.273. The van der Waals surface area contributed by atoms with Crippen LogP contribution in [-0.2, 0) is 5.41 Å². The molecule has 23 heavy (non-hydrogen) atoms. The van der Waals surface area contributed by atoms with Crippen molar-refractivity contribution < 1.29 is 8.53 Å². The van der Waals surface area contributed by atoms with Crippen LogP contribution in [-0.4, -0.2) is 0 Å². The first-order valence-electron chi connectivity index (χ1n) is 9.47. The highest BCUT2D eigenvalue weighted by Gasteiger charge is 2.24. The third-order valence-corrected chi connectivity index (χ3v) is 4.56. The quantitative estimate of drug-likeness (QED) is 0.354. The van der Waals surface area contributed by atoms with Gasteiger partial charge in [0.05, 0.1) is 0 Å². The van der Waals surface area contributed by atoms with Gasteiger partial charge in [-0.25, -0.2) is 0 Å². The minimum absolute atomic E-state index is 0.150. The Morgan fingerprint density at radius 1 is 0.957 bits per heavy atom. The molecule has 4 aromatic rings. The largest absolute Gasteiger partial charge is 0.456 e. The molecule has 4 rings (SSSR count). The summed E-state index contributed by atoms with van der Waals surface area (Å²) >= 11 is 0. The van der Waals surface area contributed by atoms with Crippen LogP contribution in [0.1, 0.15) is 41.6 Å². The highest BCUT2D eigenvalue weighted by molar-refractivity contribution is 6.12. The van der Waals surface area contributed by atoms with Gasteiger partial charge >= 0.3 is 0 Å². The normalized spacial score (nSPS) is 15.0. The van der Waals surface area contributed by atoms with Crippen LogP contribution in [0.5, 0.6) is 0 Å². The van der Waals surface area contributed by atoms with Gasteiger partial charge in [0.15, 0.2) is 0 Å². The lowest BCUT2D eigenvalue weighted by Gasteiger charge is -2.22. The maximum atomic E-state index is 8.05. The summed E-state index contributed by atoms with van der Waals surface area (Å²) in [5.41, 5.74) is 3.69. The third kappa shape index (κ3) is 2.07. The monoisotopic (exact) mass is 305 g/mol. The van der Waals surface area contributed by atoms with Crippen molar-refractivity contribution in [3.63, 3.8) is 0 Å². The van der Waals surface area contributed by atoms with Crippen LogP contribution >= 0.6 is 0 Å². The van der Waals surface area contributed by atoms with Crippen molar-refractivity contribution in [3.8, 4) is 0 Å². The molecular formula is C22H22O. The Balaban J connectivity index is 2.27. The zero-order valence-electron chi connectivity index (χ0n) is 16.9. The predicted octanol–water partition coefficient (Wildman–Crippen LogP) is 6.65. The highest BCUT2D eigenvalue weighted by atomic mass is 16.3. The molecule has 0 aliphatic heterocycles. The van der Waals surface area contributed by atoms with Crippen LogP contribution < -0.4 is 0 Å². The van der Waals surface area contributed by atoms with Gasteiger partial charge in [-0.2, -0.15) is 0 Å². The van der Waals surface area contributed by atoms with E-state index in [9.17, 15) is 0 Å². The topological polar surface area (TPSA) is 13.1 Å². The number of benzene rings is 3. The summed E-state index contributed by atoms with van der Waals surface area (Å²) in [5.74, 6) is 0. The Bertz CT molecular complexity index is 1160. The van der Waals surface area contributed by atoms with Crippen molar-refractivity contribution >= 4 is 32.7 Å². The van der Waals surface area contributed by atoms with Gasteiger partial charge in [0.2, 0.25) is 0 Å². The average Bonchev–Trinajstić information content (AvgIpc) is 2.86. The number of aryl methyl sites for hydroxylation is 2. The van der Waals surface area contributed by atoms with Crippen LogP contribution in [0, 0.1) is 13.8 Å². The molecule has 0 fully saturated rings. The van der Waals surface area contributed by atoms with E-state index >= 15 is 0 Å². The Labute approximate surface area is 141 Å². The van der Waals surface area contributed by atoms with Crippen molar-refractivity contribution in [1.82, 2.24) is 0 Å². The smallest absolute Gasteiger partial charge is 0.139 e.